The molecule has 0 aliphatic heterocycles. The first-order valence-electron chi connectivity index (χ1n) is 2.01. The summed E-state index contributed by atoms with van der Waals surface area (Å²) in [7, 11) is 0. The molecule has 0 saturated heterocycles. The first-order valence-corrected chi connectivity index (χ1v) is 2.01. The van der Waals surface area contributed by atoms with Gasteiger partial charge in [-0.25, -0.2) is 8.78 Å². The average molecular weight is 124 g/mol. The summed E-state index contributed by atoms with van der Waals surface area (Å²) in [6.07, 6.45) is 0. The van der Waals surface area contributed by atoms with Gasteiger partial charge in [0.2, 0.25) is 0 Å². The molecule has 0 aromatic heterocycles. The van der Waals surface area contributed by atoms with Crippen LogP contribution >= 0.6 is 0 Å². The summed E-state index contributed by atoms with van der Waals surface area (Å²) < 4.78 is 46.4. The minimum absolute atomic E-state index is 0.940. The molecule has 0 radical (unpaired) electrons. The van der Waals surface area contributed by atoms with Crippen LogP contribution in [-0.2, 0) is 0 Å². The standard InChI is InChI=1S/C4F4/c5-2-1-3(2,6)4(1,7)8. The molecule has 0 nitrogen and oxygen atoms in total. The first kappa shape index (κ1) is 4.35. The lowest BCUT2D eigenvalue weighted by atomic mass is 10.4. The van der Waals surface area contributed by atoms with Crippen LogP contribution in [0.25, 0.3) is 0 Å². The Morgan fingerprint density at radius 2 is 1.50 bits per heavy atom. The Labute approximate surface area is 41.8 Å². The van der Waals surface area contributed by atoms with Gasteiger partial charge in [0.1, 0.15) is 0 Å². The summed E-state index contributed by atoms with van der Waals surface area (Å²) in [5.41, 5.74) is -3.84. The van der Waals surface area contributed by atoms with Gasteiger partial charge in [0.25, 0.3) is 5.67 Å². The predicted octanol–water partition coefficient (Wildman–Crippen LogP) is 1.58. The first-order chi connectivity index (χ1) is 3.53. The fraction of sp³-hybridized carbons (Fsp3) is 0.500. The van der Waals surface area contributed by atoms with Crippen LogP contribution in [0.4, 0.5) is 17.6 Å². The van der Waals surface area contributed by atoms with Gasteiger partial charge < -0.3 is 0 Å². The van der Waals surface area contributed by atoms with Crippen molar-refractivity contribution >= 4 is 0 Å². The lowest BCUT2D eigenvalue weighted by Crippen LogP contribution is -2.11. The summed E-state index contributed by atoms with van der Waals surface area (Å²) in [5.74, 6) is -4.71. The molecule has 1 atom stereocenters. The highest BCUT2D eigenvalue weighted by molar-refractivity contribution is 5.74. The Balaban J connectivity index is 2.40. The second-order valence-electron chi connectivity index (χ2n) is 1.92. The lowest BCUT2D eigenvalue weighted by Gasteiger charge is -1.96. The van der Waals surface area contributed by atoms with E-state index in [1.807, 2.05) is 0 Å². The van der Waals surface area contributed by atoms with Crippen LogP contribution in [0, 0.1) is 0 Å². The van der Waals surface area contributed by atoms with E-state index in [1.54, 1.807) is 0 Å². The van der Waals surface area contributed by atoms with Gasteiger partial charge in [-0.05, 0) is 0 Å². The molecular weight excluding hydrogens is 124 g/mol. The van der Waals surface area contributed by atoms with E-state index in [9.17, 15) is 17.6 Å². The number of hydrogen-bond donors (Lipinski definition) is 0. The molecule has 4 heteroatoms. The van der Waals surface area contributed by atoms with Crippen molar-refractivity contribution in [3.63, 3.8) is 0 Å². The normalized spacial score (nSPS) is 46.5. The van der Waals surface area contributed by atoms with Gasteiger partial charge in [-0.15, -0.1) is 0 Å². The number of fused-ring (bicyclic) bond motifs is 1. The van der Waals surface area contributed by atoms with Gasteiger partial charge >= 0.3 is 5.92 Å². The highest BCUT2D eigenvalue weighted by atomic mass is 19.3. The Morgan fingerprint density at radius 1 is 1.12 bits per heavy atom. The molecular formula is C4F4. The van der Waals surface area contributed by atoms with E-state index >= 15 is 0 Å². The highest BCUT2D eigenvalue weighted by Gasteiger charge is 2.95. The molecule has 0 aromatic rings. The smallest absolute Gasteiger partial charge is 0.224 e. The summed E-state index contributed by atoms with van der Waals surface area (Å²) in [5, 5.41) is 0. The fourth-order valence-corrected chi connectivity index (χ4v) is 0.761. The van der Waals surface area contributed by atoms with Crippen molar-refractivity contribution in [2.75, 3.05) is 0 Å². The summed E-state index contributed by atoms with van der Waals surface area (Å²) in [4.78, 5) is 0. The molecule has 2 rings (SSSR count). The number of allylic oxidation sites excluding steroid dienone is 2. The molecule has 0 bridgehead atoms. The average Bonchev–Trinajstić information content (AvgIpc) is 2.27. The van der Waals surface area contributed by atoms with Crippen LogP contribution in [-0.4, -0.2) is 11.6 Å². The largest absolute Gasteiger partial charge is 0.320 e. The monoisotopic (exact) mass is 124 g/mol. The predicted molar refractivity (Wildman–Crippen MR) is 16.9 cm³/mol. The van der Waals surface area contributed by atoms with Crippen molar-refractivity contribution in [1.29, 1.82) is 0 Å². The molecule has 1 saturated carbocycles. The molecule has 0 aromatic carbocycles. The van der Waals surface area contributed by atoms with Gasteiger partial charge in [-0.1, -0.05) is 0 Å². The zero-order chi connectivity index (χ0) is 6.15. The number of halogens is 4. The van der Waals surface area contributed by atoms with E-state index in [1.165, 1.54) is 0 Å². The number of hydrogen-bond acceptors (Lipinski definition) is 0. The molecule has 1 unspecified atom stereocenters. The maximum atomic E-state index is 11.8. The molecule has 2 aliphatic rings. The molecule has 0 spiro atoms. The van der Waals surface area contributed by atoms with Crippen molar-refractivity contribution < 1.29 is 17.6 Å². The number of rotatable bonds is 0. The van der Waals surface area contributed by atoms with Crippen LogP contribution in [0.15, 0.2) is 11.4 Å². The molecule has 8 heavy (non-hydrogen) atoms. The quantitative estimate of drug-likeness (QED) is 0.430. The lowest BCUT2D eigenvalue weighted by molar-refractivity contribution is 0.0429. The third-order valence-electron chi connectivity index (χ3n) is 1.49. The topological polar surface area (TPSA) is 0 Å². The molecule has 44 valence electrons. The van der Waals surface area contributed by atoms with Gasteiger partial charge in [-0.2, -0.15) is 8.78 Å². The minimum Gasteiger partial charge on any atom is -0.224 e. The van der Waals surface area contributed by atoms with Crippen molar-refractivity contribution in [3.05, 3.63) is 11.4 Å². The van der Waals surface area contributed by atoms with Crippen molar-refractivity contribution in [2.45, 2.75) is 11.6 Å². The van der Waals surface area contributed by atoms with Crippen LogP contribution in [0.2, 0.25) is 0 Å². The molecule has 0 amide bonds. The molecule has 0 heterocycles. The third-order valence-corrected chi connectivity index (χ3v) is 1.49. The molecule has 0 N–H and O–H groups in total. The molecule has 1 fully saturated rings. The summed E-state index contributed by atoms with van der Waals surface area (Å²) in [6.45, 7) is 0. The second-order valence-corrected chi connectivity index (χ2v) is 1.92. The molecule has 2 aliphatic carbocycles. The Bertz CT molecular complexity index is 204. The minimum atomic E-state index is -3.45. The SMILES string of the molecule is FC1=C2C(F)(F)C12F. The van der Waals surface area contributed by atoms with Crippen LogP contribution < -0.4 is 0 Å². The van der Waals surface area contributed by atoms with Crippen molar-refractivity contribution in [1.82, 2.24) is 0 Å². The Hall–Kier alpha value is -0.540. The van der Waals surface area contributed by atoms with E-state index in [2.05, 4.69) is 0 Å². The van der Waals surface area contributed by atoms with E-state index < -0.39 is 23.0 Å². The Morgan fingerprint density at radius 3 is 1.50 bits per heavy atom. The maximum Gasteiger partial charge on any atom is 0.320 e. The van der Waals surface area contributed by atoms with E-state index in [-0.39, 0.29) is 0 Å². The van der Waals surface area contributed by atoms with E-state index in [4.69, 9.17) is 0 Å². The third kappa shape index (κ3) is 0.155. The summed E-state index contributed by atoms with van der Waals surface area (Å²) in [6, 6.07) is 0. The van der Waals surface area contributed by atoms with Gasteiger partial charge in [0, 0.05) is 0 Å². The second kappa shape index (κ2) is 0.632. The van der Waals surface area contributed by atoms with Gasteiger partial charge in [0.15, 0.2) is 5.83 Å². The van der Waals surface area contributed by atoms with Gasteiger partial charge in [-0.3, -0.25) is 0 Å². The van der Waals surface area contributed by atoms with Crippen LogP contribution in [0.1, 0.15) is 0 Å². The zero-order valence-corrected chi connectivity index (χ0v) is 3.51. The Kier molecular flexibility index (Phi) is 0.343. The number of alkyl halides is 3. The van der Waals surface area contributed by atoms with Crippen LogP contribution in [0.5, 0.6) is 0 Å². The van der Waals surface area contributed by atoms with Crippen LogP contribution in [0.3, 0.4) is 0 Å². The van der Waals surface area contributed by atoms with Crippen molar-refractivity contribution in [3.8, 4) is 0 Å². The zero-order valence-electron chi connectivity index (χ0n) is 3.51. The van der Waals surface area contributed by atoms with E-state index in [0.29, 0.717) is 0 Å². The maximum absolute atomic E-state index is 11.8. The fourth-order valence-electron chi connectivity index (χ4n) is 0.761. The van der Waals surface area contributed by atoms with Crippen molar-refractivity contribution in [2.24, 2.45) is 0 Å². The van der Waals surface area contributed by atoms with Gasteiger partial charge in [0.05, 0.1) is 5.57 Å². The summed E-state index contributed by atoms with van der Waals surface area (Å²) >= 11 is 0. The highest BCUT2D eigenvalue weighted by Crippen LogP contribution is 2.79. The van der Waals surface area contributed by atoms with E-state index in [0.717, 1.165) is 0 Å².